The number of aryl methyl sites for hydroxylation is 3. The first-order chi connectivity index (χ1) is 12.9. The number of rotatable bonds is 7. The minimum absolute atomic E-state index is 0.0116. The minimum Gasteiger partial charge on any atom is -0.326 e. The summed E-state index contributed by atoms with van der Waals surface area (Å²) >= 11 is 0. The van der Waals surface area contributed by atoms with Crippen LogP contribution in [0.3, 0.4) is 0 Å². The van der Waals surface area contributed by atoms with Crippen LogP contribution in [0.25, 0.3) is 0 Å². The lowest BCUT2D eigenvalue weighted by Crippen LogP contribution is -2.18. The van der Waals surface area contributed by atoms with E-state index in [2.05, 4.69) is 34.9 Å². The third-order valence-corrected chi connectivity index (χ3v) is 4.29. The summed E-state index contributed by atoms with van der Waals surface area (Å²) in [5, 5.41) is 6.90. The molecule has 0 radical (unpaired) electrons. The summed E-state index contributed by atoms with van der Waals surface area (Å²) in [6.45, 7) is 8.15. The molecule has 0 unspecified atom stereocenters. The van der Waals surface area contributed by atoms with Gasteiger partial charge < -0.3 is 5.32 Å². The molecule has 2 rings (SSSR count). The molecular weight excluding hydrogens is 338 g/mol. The molecule has 0 aliphatic carbocycles. The molecule has 5 heteroatoms. The number of hydrazone groups is 1. The molecule has 0 saturated carbocycles. The zero-order valence-corrected chi connectivity index (χ0v) is 16.4. The van der Waals surface area contributed by atoms with E-state index >= 15 is 0 Å². The number of anilines is 1. The molecule has 0 heterocycles. The lowest BCUT2D eigenvalue weighted by Gasteiger charge is -2.07. The number of nitrogens with zero attached hydrogens (tertiary/aromatic N) is 1. The standard InChI is InChI=1S/C22H27N3O2/c1-5-6-7-21(26)24-19-10-8-18(9-11-19)22(27)25-23-14-20-16(3)12-15(2)13-17(20)4/h8-14H,5-7H2,1-4H3,(H,24,26)(H,25,27)/b23-14+. The van der Waals surface area contributed by atoms with Crippen LogP contribution in [0.1, 0.15) is 58.8 Å². The van der Waals surface area contributed by atoms with E-state index in [1.54, 1.807) is 30.5 Å². The quantitative estimate of drug-likeness (QED) is 0.560. The first kappa shape index (κ1) is 20.4. The van der Waals surface area contributed by atoms with Crippen molar-refractivity contribution in [1.82, 2.24) is 5.43 Å². The van der Waals surface area contributed by atoms with Gasteiger partial charge in [0.05, 0.1) is 6.21 Å². The van der Waals surface area contributed by atoms with Crippen molar-refractivity contribution in [3.63, 3.8) is 0 Å². The van der Waals surface area contributed by atoms with Gasteiger partial charge in [0.15, 0.2) is 0 Å². The summed E-state index contributed by atoms with van der Waals surface area (Å²) < 4.78 is 0. The number of hydrogen-bond donors (Lipinski definition) is 2. The van der Waals surface area contributed by atoms with Crippen molar-refractivity contribution in [3.8, 4) is 0 Å². The predicted molar refractivity (Wildman–Crippen MR) is 110 cm³/mol. The normalized spacial score (nSPS) is 10.8. The van der Waals surface area contributed by atoms with Gasteiger partial charge in [-0.1, -0.05) is 31.0 Å². The van der Waals surface area contributed by atoms with Crippen molar-refractivity contribution in [1.29, 1.82) is 0 Å². The number of unbranched alkanes of at least 4 members (excludes halogenated alkanes) is 1. The van der Waals surface area contributed by atoms with Gasteiger partial charge in [-0.25, -0.2) is 5.43 Å². The summed E-state index contributed by atoms with van der Waals surface area (Å²) in [5.74, 6) is -0.306. The van der Waals surface area contributed by atoms with Crippen LogP contribution in [0, 0.1) is 20.8 Å². The summed E-state index contributed by atoms with van der Waals surface area (Å²) in [5.41, 5.74) is 8.16. The maximum atomic E-state index is 12.2. The molecule has 0 aliphatic rings. The first-order valence-electron chi connectivity index (χ1n) is 9.22. The highest BCUT2D eigenvalue weighted by Crippen LogP contribution is 2.14. The van der Waals surface area contributed by atoms with E-state index < -0.39 is 0 Å². The van der Waals surface area contributed by atoms with Gasteiger partial charge >= 0.3 is 0 Å². The zero-order chi connectivity index (χ0) is 19.8. The molecule has 0 bridgehead atoms. The molecule has 5 nitrogen and oxygen atoms in total. The van der Waals surface area contributed by atoms with Crippen LogP contribution in [0.15, 0.2) is 41.5 Å². The molecule has 0 saturated heterocycles. The number of hydrogen-bond acceptors (Lipinski definition) is 3. The van der Waals surface area contributed by atoms with E-state index in [4.69, 9.17) is 0 Å². The first-order valence-corrected chi connectivity index (χ1v) is 9.22. The molecule has 0 atom stereocenters. The molecule has 0 aromatic heterocycles. The van der Waals surface area contributed by atoms with Crippen LogP contribution in [0.2, 0.25) is 0 Å². The summed E-state index contributed by atoms with van der Waals surface area (Å²) in [7, 11) is 0. The molecule has 27 heavy (non-hydrogen) atoms. The SMILES string of the molecule is CCCCC(=O)Nc1ccc(C(=O)N/N=C/c2c(C)cc(C)cc2C)cc1. The van der Waals surface area contributed by atoms with Crippen LogP contribution in [-0.2, 0) is 4.79 Å². The Morgan fingerprint density at radius 3 is 2.26 bits per heavy atom. The fourth-order valence-corrected chi connectivity index (χ4v) is 2.88. The predicted octanol–water partition coefficient (Wildman–Crippen LogP) is 4.50. The van der Waals surface area contributed by atoms with Gasteiger partial charge in [0.25, 0.3) is 5.91 Å². The molecular formula is C22H27N3O2. The van der Waals surface area contributed by atoms with E-state index in [-0.39, 0.29) is 11.8 Å². The van der Waals surface area contributed by atoms with E-state index in [9.17, 15) is 9.59 Å². The monoisotopic (exact) mass is 365 g/mol. The lowest BCUT2D eigenvalue weighted by atomic mass is 10.0. The van der Waals surface area contributed by atoms with Gasteiger partial charge in [0.1, 0.15) is 0 Å². The van der Waals surface area contributed by atoms with Gasteiger partial charge in [-0.05, 0) is 62.6 Å². The highest BCUT2D eigenvalue weighted by Gasteiger charge is 2.06. The van der Waals surface area contributed by atoms with Gasteiger partial charge in [0, 0.05) is 23.2 Å². The fraction of sp³-hybridized carbons (Fsp3) is 0.318. The number of amides is 2. The van der Waals surface area contributed by atoms with E-state index in [0.29, 0.717) is 17.7 Å². The largest absolute Gasteiger partial charge is 0.326 e. The Morgan fingerprint density at radius 2 is 1.67 bits per heavy atom. The van der Waals surface area contributed by atoms with Crippen LogP contribution >= 0.6 is 0 Å². The second-order valence-electron chi connectivity index (χ2n) is 6.74. The Labute approximate surface area is 160 Å². The van der Waals surface area contributed by atoms with E-state index in [1.165, 1.54) is 5.56 Å². The Bertz CT molecular complexity index is 816. The molecule has 0 spiro atoms. The van der Waals surface area contributed by atoms with Crippen molar-refractivity contribution in [2.75, 3.05) is 5.32 Å². The molecule has 2 aromatic carbocycles. The smallest absolute Gasteiger partial charge is 0.271 e. The molecule has 2 amide bonds. The number of nitrogens with one attached hydrogen (secondary N) is 2. The van der Waals surface area contributed by atoms with E-state index in [1.807, 2.05) is 20.8 Å². The van der Waals surface area contributed by atoms with Crippen molar-refractivity contribution < 1.29 is 9.59 Å². The Balaban J connectivity index is 1.95. The van der Waals surface area contributed by atoms with Crippen LogP contribution in [0.5, 0.6) is 0 Å². The van der Waals surface area contributed by atoms with Gasteiger partial charge in [0.2, 0.25) is 5.91 Å². The maximum absolute atomic E-state index is 12.2. The number of carbonyl (C=O) groups excluding carboxylic acids is 2. The molecule has 142 valence electrons. The highest BCUT2D eigenvalue weighted by atomic mass is 16.2. The Hall–Kier alpha value is -2.95. The number of carbonyl (C=O) groups is 2. The van der Waals surface area contributed by atoms with Crippen LogP contribution in [-0.4, -0.2) is 18.0 Å². The van der Waals surface area contributed by atoms with Gasteiger partial charge in [-0.2, -0.15) is 5.10 Å². The Kier molecular flexibility index (Phi) is 7.29. The van der Waals surface area contributed by atoms with Crippen molar-refractivity contribution in [2.45, 2.75) is 47.0 Å². The third kappa shape index (κ3) is 6.06. The molecule has 0 aliphatic heterocycles. The molecule has 2 aromatic rings. The third-order valence-electron chi connectivity index (χ3n) is 4.29. The maximum Gasteiger partial charge on any atom is 0.271 e. The van der Waals surface area contributed by atoms with E-state index in [0.717, 1.165) is 29.5 Å². The van der Waals surface area contributed by atoms with Gasteiger partial charge in [-0.15, -0.1) is 0 Å². The minimum atomic E-state index is -0.294. The second-order valence-corrected chi connectivity index (χ2v) is 6.74. The zero-order valence-electron chi connectivity index (χ0n) is 16.4. The topological polar surface area (TPSA) is 70.6 Å². The molecule has 2 N–H and O–H groups in total. The van der Waals surface area contributed by atoms with Gasteiger partial charge in [-0.3, -0.25) is 9.59 Å². The second kappa shape index (κ2) is 9.67. The number of benzene rings is 2. The summed E-state index contributed by atoms with van der Waals surface area (Å²) in [6, 6.07) is 11.0. The lowest BCUT2D eigenvalue weighted by molar-refractivity contribution is -0.116. The summed E-state index contributed by atoms with van der Waals surface area (Å²) in [4.78, 5) is 24.0. The highest BCUT2D eigenvalue weighted by molar-refractivity contribution is 5.96. The van der Waals surface area contributed by atoms with Crippen molar-refractivity contribution >= 4 is 23.7 Å². The average Bonchev–Trinajstić information content (AvgIpc) is 2.62. The fourth-order valence-electron chi connectivity index (χ4n) is 2.88. The van der Waals surface area contributed by atoms with Crippen molar-refractivity contribution in [2.24, 2.45) is 5.10 Å². The summed E-state index contributed by atoms with van der Waals surface area (Å²) in [6.07, 6.45) is 4.02. The van der Waals surface area contributed by atoms with Crippen molar-refractivity contribution in [3.05, 3.63) is 64.2 Å². The average molecular weight is 365 g/mol. The van der Waals surface area contributed by atoms with Crippen LogP contribution < -0.4 is 10.7 Å². The van der Waals surface area contributed by atoms with Crippen LogP contribution in [0.4, 0.5) is 5.69 Å². The molecule has 0 fully saturated rings. The Morgan fingerprint density at radius 1 is 1.04 bits per heavy atom.